The maximum absolute atomic E-state index is 12.1. The summed E-state index contributed by atoms with van der Waals surface area (Å²) in [6.07, 6.45) is -4.66. The molecule has 6 heteroatoms. The first-order valence-corrected chi connectivity index (χ1v) is 6.93. The van der Waals surface area contributed by atoms with Gasteiger partial charge in [-0.2, -0.15) is 0 Å². The number of alkyl halides is 3. The Morgan fingerprint density at radius 1 is 1.25 bits per heavy atom. The van der Waals surface area contributed by atoms with Gasteiger partial charge in [-0.1, -0.05) is 18.2 Å². The Morgan fingerprint density at radius 2 is 2.05 bits per heavy atom. The van der Waals surface area contributed by atoms with E-state index in [1.807, 2.05) is 24.4 Å². The van der Waals surface area contributed by atoms with Gasteiger partial charge in [0.05, 0.1) is 0 Å². The van der Waals surface area contributed by atoms with Crippen LogP contribution in [0.15, 0.2) is 41.8 Å². The molecule has 108 valence electrons. The molecular weight excluding hydrogens is 287 g/mol. The minimum Gasteiger partial charge on any atom is -0.406 e. The number of hydrogen-bond acceptors (Lipinski definition) is 3. The highest BCUT2D eigenvalue weighted by molar-refractivity contribution is 7.10. The molecule has 0 amide bonds. The summed E-state index contributed by atoms with van der Waals surface area (Å²) in [6.45, 7) is 2.50. The zero-order chi connectivity index (χ0) is 14.6. The van der Waals surface area contributed by atoms with Crippen LogP contribution in [0.5, 0.6) is 5.75 Å². The van der Waals surface area contributed by atoms with Crippen LogP contribution in [0.4, 0.5) is 13.2 Å². The molecule has 0 aliphatic heterocycles. The lowest BCUT2D eigenvalue weighted by Gasteiger charge is -2.13. The SMILES string of the molecule is C[C@@H](NCc1cccc(OC(F)(F)F)c1)c1cccs1. The summed E-state index contributed by atoms with van der Waals surface area (Å²) >= 11 is 1.64. The summed E-state index contributed by atoms with van der Waals surface area (Å²) in [6, 6.07) is 10.1. The fourth-order valence-electron chi connectivity index (χ4n) is 1.76. The van der Waals surface area contributed by atoms with Crippen LogP contribution in [0, 0.1) is 0 Å². The molecular formula is C14H14F3NOS. The Morgan fingerprint density at radius 3 is 2.70 bits per heavy atom. The number of benzene rings is 1. The zero-order valence-electron chi connectivity index (χ0n) is 10.8. The van der Waals surface area contributed by atoms with Crippen molar-refractivity contribution in [1.29, 1.82) is 0 Å². The molecule has 0 saturated carbocycles. The summed E-state index contributed by atoms with van der Waals surface area (Å²) in [5, 5.41) is 5.26. The summed E-state index contributed by atoms with van der Waals surface area (Å²) in [5.41, 5.74) is 0.746. The van der Waals surface area contributed by atoms with E-state index in [0.29, 0.717) is 6.54 Å². The van der Waals surface area contributed by atoms with E-state index in [4.69, 9.17) is 0 Å². The smallest absolute Gasteiger partial charge is 0.406 e. The number of rotatable bonds is 5. The van der Waals surface area contributed by atoms with E-state index in [1.165, 1.54) is 17.0 Å². The van der Waals surface area contributed by atoms with Crippen LogP contribution in [0.25, 0.3) is 0 Å². The Hall–Kier alpha value is -1.53. The Bertz CT molecular complexity index is 540. The normalized spacial score (nSPS) is 13.2. The van der Waals surface area contributed by atoms with E-state index in [0.717, 1.165) is 5.56 Å². The van der Waals surface area contributed by atoms with Crippen molar-refractivity contribution in [1.82, 2.24) is 5.32 Å². The fraction of sp³-hybridized carbons (Fsp3) is 0.286. The minimum atomic E-state index is -4.66. The van der Waals surface area contributed by atoms with Crippen LogP contribution in [-0.2, 0) is 6.54 Å². The second-order valence-electron chi connectivity index (χ2n) is 4.31. The fourth-order valence-corrected chi connectivity index (χ4v) is 2.52. The predicted molar refractivity (Wildman–Crippen MR) is 72.7 cm³/mol. The molecule has 0 fully saturated rings. The van der Waals surface area contributed by atoms with Crippen molar-refractivity contribution in [3.63, 3.8) is 0 Å². The largest absolute Gasteiger partial charge is 0.573 e. The first kappa shape index (κ1) is 14.9. The molecule has 1 heterocycles. The molecule has 1 N–H and O–H groups in total. The van der Waals surface area contributed by atoms with Gasteiger partial charge in [0.15, 0.2) is 0 Å². The van der Waals surface area contributed by atoms with E-state index in [2.05, 4.69) is 10.1 Å². The average Bonchev–Trinajstić information content (AvgIpc) is 2.88. The van der Waals surface area contributed by atoms with Gasteiger partial charge >= 0.3 is 6.36 Å². The van der Waals surface area contributed by atoms with Gasteiger partial charge in [0.2, 0.25) is 0 Å². The van der Waals surface area contributed by atoms with Gasteiger partial charge in [0.25, 0.3) is 0 Å². The van der Waals surface area contributed by atoms with Gasteiger partial charge in [-0.25, -0.2) is 0 Å². The van der Waals surface area contributed by atoms with Gasteiger partial charge in [-0.3, -0.25) is 0 Å². The zero-order valence-corrected chi connectivity index (χ0v) is 11.6. The molecule has 1 aromatic heterocycles. The van der Waals surface area contributed by atoms with Crippen LogP contribution in [0.1, 0.15) is 23.4 Å². The van der Waals surface area contributed by atoms with Gasteiger partial charge in [0.1, 0.15) is 5.75 Å². The molecule has 0 spiro atoms. The Labute approximate surface area is 119 Å². The van der Waals surface area contributed by atoms with Crippen LogP contribution in [0.2, 0.25) is 0 Å². The van der Waals surface area contributed by atoms with Crippen molar-refractivity contribution in [2.24, 2.45) is 0 Å². The molecule has 2 aromatic rings. The molecule has 2 rings (SSSR count). The van der Waals surface area contributed by atoms with Gasteiger partial charge < -0.3 is 10.1 Å². The maximum Gasteiger partial charge on any atom is 0.573 e. The molecule has 0 aliphatic carbocycles. The van der Waals surface area contributed by atoms with Crippen molar-refractivity contribution in [3.05, 3.63) is 52.2 Å². The monoisotopic (exact) mass is 301 g/mol. The van der Waals surface area contributed by atoms with E-state index < -0.39 is 6.36 Å². The summed E-state index contributed by atoms with van der Waals surface area (Å²) < 4.78 is 40.3. The number of ether oxygens (including phenoxy) is 1. The first-order valence-electron chi connectivity index (χ1n) is 6.05. The van der Waals surface area contributed by atoms with Gasteiger partial charge in [0, 0.05) is 17.5 Å². The third-order valence-corrected chi connectivity index (χ3v) is 3.77. The number of halogens is 3. The number of nitrogens with one attached hydrogen (secondary N) is 1. The van der Waals surface area contributed by atoms with Crippen molar-refractivity contribution < 1.29 is 17.9 Å². The molecule has 20 heavy (non-hydrogen) atoms. The first-order chi connectivity index (χ1) is 9.44. The molecule has 0 radical (unpaired) electrons. The molecule has 0 bridgehead atoms. The van der Waals surface area contributed by atoms with Gasteiger partial charge in [-0.05, 0) is 36.1 Å². The second-order valence-corrected chi connectivity index (χ2v) is 5.29. The van der Waals surface area contributed by atoms with Gasteiger partial charge in [-0.15, -0.1) is 24.5 Å². The predicted octanol–water partition coefficient (Wildman–Crippen LogP) is 4.50. The van der Waals surface area contributed by atoms with Crippen LogP contribution >= 0.6 is 11.3 Å². The Balaban J connectivity index is 1.94. The van der Waals surface area contributed by atoms with E-state index in [9.17, 15) is 13.2 Å². The summed E-state index contributed by atoms with van der Waals surface area (Å²) in [7, 11) is 0. The molecule has 1 atom stereocenters. The number of thiophene rings is 1. The summed E-state index contributed by atoms with van der Waals surface area (Å²) in [5.74, 6) is -0.194. The third kappa shape index (κ3) is 4.54. The molecule has 0 unspecified atom stereocenters. The molecule has 0 aliphatic rings. The highest BCUT2D eigenvalue weighted by atomic mass is 32.1. The lowest BCUT2D eigenvalue weighted by atomic mass is 10.2. The van der Waals surface area contributed by atoms with Crippen LogP contribution < -0.4 is 10.1 Å². The molecule has 2 nitrogen and oxygen atoms in total. The topological polar surface area (TPSA) is 21.3 Å². The number of hydrogen-bond donors (Lipinski definition) is 1. The van der Waals surface area contributed by atoms with Crippen molar-refractivity contribution >= 4 is 11.3 Å². The lowest BCUT2D eigenvalue weighted by molar-refractivity contribution is -0.274. The molecule has 0 saturated heterocycles. The van der Waals surface area contributed by atoms with Crippen LogP contribution in [0.3, 0.4) is 0 Å². The summed E-state index contributed by atoms with van der Waals surface area (Å²) in [4.78, 5) is 1.19. The highest BCUT2D eigenvalue weighted by Crippen LogP contribution is 2.24. The minimum absolute atomic E-state index is 0.155. The third-order valence-electron chi connectivity index (χ3n) is 2.71. The maximum atomic E-state index is 12.1. The molecule has 1 aromatic carbocycles. The highest BCUT2D eigenvalue weighted by Gasteiger charge is 2.31. The van der Waals surface area contributed by atoms with E-state index >= 15 is 0 Å². The van der Waals surface area contributed by atoms with Crippen molar-refractivity contribution in [2.45, 2.75) is 25.9 Å². The van der Waals surface area contributed by atoms with Crippen molar-refractivity contribution in [3.8, 4) is 5.75 Å². The van der Waals surface area contributed by atoms with E-state index in [-0.39, 0.29) is 11.8 Å². The van der Waals surface area contributed by atoms with Crippen molar-refractivity contribution in [2.75, 3.05) is 0 Å². The lowest BCUT2D eigenvalue weighted by Crippen LogP contribution is -2.18. The van der Waals surface area contributed by atoms with Crippen LogP contribution in [-0.4, -0.2) is 6.36 Å². The average molecular weight is 301 g/mol. The quantitative estimate of drug-likeness (QED) is 0.878. The van der Waals surface area contributed by atoms with E-state index in [1.54, 1.807) is 23.5 Å². The Kier molecular flexibility index (Phi) is 4.67. The second kappa shape index (κ2) is 6.28. The standard InChI is InChI=1S/C14H14F3NOS/c1-10(13-6-3-7-20-13)18-9-11-4-2-5-12(8-11)19-14(15,16)17/h2-8,10,18H,9H2,1H3/t10-/m1/s1.